The molecule has 1 amide bonds. The molecule has 0 saturated carbocycles. The Morgan fingerprint density at radius 2 is 1.93 bits per heavy atom. The smallest absolute Gasteiger partial charge is 0.351 e. The van der Waals surface area contributed by atoms with E-state index in [1.54, 1.807) is 5.06 Å². The molecule has 7 heteroatoms. The van der Waals surface area contributed by atoms with Crippen LogP contribution in [0.15, 0.2) is 54.6 Å². The van der Waals surface area contributed by atoms with Crippen LogP contribution in [-0.2, 0) is 16.2 Å². The van der Waals surface area contributed by atoms with Gasteiger partial charge in [-0.2, -0.15) is 0 Å². The fourth-order valence-electron chi connectivity index (χ4n) is 3.58. The number of amides is 1. The van der Waals surface area contributed by atoms with Gasteiger partial charge in [-0.25, -0.2) is 4.79 Å². The number of nitrogens with one attached hydrogen (secondary N) is 2. The van der Waals surface area contributed by atoms with Crippen LogP contribution in [0.2, 0.25) is 5.02 Å². The highest BCUT2D eigenvalue weighted by molar-refractivity contribution is 6.30. The average molecular weight is 414 g/mol. The van der Waals surface area contributed by atoms with Crippen molar-refractivity contribution in [3.8, 4) is 0 Å². The van der Waals surface area contributed by atoms with E-state index in [-0.39, 0.29) is 5.60 Å². The normalized spacial score (nSPS) is 18.2. The summed E-state index contributed by atoms with van der Waals surface area (Å²) in [7, 11) is 0. The van der Waals surface area contributed by atoms with Crippen molar-refractivity contribution in [3.63, 3.8) is 0 Å². The number of hydrogen-bond acceptors (Lipinski definition) is 5. The van der Waals surface area contributed by atoms with Crippen LogP contribution in [0.3, 0.4) is 0 Å². The fourth-order valence-corrected chi connectivity index (χ4v) is 3.70. The van der Waals surface area contributed by atoms with Gasteiger partial charge in [0.1, 0.15) is 5.60 Å². The highest BCUT2D eigenvalue weighted by atomic mass is 35.5. The molecule has 2 aromatic carbocycles. The van der Waals surface area contributed by atoms with Crippen LogP contribution in [0.1, 0.15) is 29.5 Å². The van der Waals surface area contributed by atoms with Crippen molar-refractivity contribution in [2.45, 2.75) is 31.9 Å². The number of carbonyl (C=O) groups excluding carboxylic acids is 1. The van der Waals surface area contributed by atoms with E-state index in [1.807, 2.05) is 55.5 Å². The summed E-state index contributed by atoms with van der Waals surface area (Å²) in [5.74, 6) is 0. The molecule has 1 saturated heterocycles. The Bertz CT molecular complexity index is 906. The van der Waals surface area contributed by atoms with E-state index in [0.29, 0.717) is 24.7 Å². The lowest BCUT2D eigenvalue weighted by Gasteiger charge is -2.35. The third-order valence-electron chi connectivity index (χ3n) is 5.39. The molecule has 6 nitrogen and oxygen atoms in total. The Labute approximate surface area is 175 Å². The molecule has 2 N–H and O–H groups in total. The molecule has 0 radical (unpaired) electrons. The second-order valence-corrected chi connectivity index (χ2v) is 7.86. The van der Waals surface area contributed by atoms with Crippen molar-refractivity contribution in [1.82, 2.24) is 15.9 Å². The zero-order valence-corrected chi connectivity index (χ0v) is 17.0. The first-order valence-electron chi connectivity index (χ1n) is 9.71. The Balaban J connectivity index is 1.28. The predicted molar refractivity (Wildman–Crippen MR) is 112 cm³/mol. The van der Waals surface area contributed by atoms with E-state index in [2.05, 4.69) is 16.9 Å². The maximum absolute atomic E-state index is 12.1. The molecule has 2 heterocycles. The van der Waals surface area contributed by atoms with E-state index in [9.17, 15) is 4.79 Å². The van der Waals surface area contributed by atoms with Crippen molar-refractivity contribution in [2.24, 2.45) is 0 Å². The number of hydrogen-bond donors (Lipinski definition) is 2. The van der Waals surface area contributed by atoms with Crippen LogP contribution in [0.4, 0.5) is 4.79 Å². The molecular formula is C22H24ClN3O3. The molecule has 2 aliphatic rings. The summed E-state index contributed by atoms with van der Waals surface area (Å²) in [6.45, 7) is 3.67. The molecule has 0 atom stereocenters. The number of nitrogens with zero attached hydrogens (tertiary/aromatic N) is 1. The summed E-state index contributed by atoms with van der Waals surface area (Å²) in [6.07, 6.45) is 3.13. The van der Waals surface area contributed by atoms with Gasteiger partial charge in [-0.1, -0.05) is 48.0 Å². The molecule has 4 rings (SSSR count). The highest BCUT2D eigenvalue weighted by Crippen LogP contribution is 2.34. The number of halogens is 1. The summed E-state index contributed by atoms with van der Waals surface area (Å²) >= 11 is 5.96. The number of carbonyl (C=O) groups is 1. The summed E-state index contributed by atoms with van der Waals surface area (Å²) in [4.78, 5) is 23.5. The Kier molecular flexibility index (Phi) is 5.76. The first kappa shape index (κ1) is 19.8. The summed E-state index contributed by atoms with van der Waals surface area (Å²) in [5, 5.41) is 5.21. The van der Waals surface area contributed by atoms with Gasteiger partial charge in [0.25, 0.3) is 0 Å². The third kappa shape index (κ3) is 4.72. The predicted octanol–water partition coefficient (Wildman–Crippen LogP) is 4.20. The second kappa shape index (κ2) is 8.45. The lowest BCUT2D eigenvalue weighted by molar-refractivity contribution is -0.156. The Morgan fingerprint density at radius 1 is 1.21 bits per heavy atom. The molecular weight excluding hydrogens is 390 g/mol. The van der Waals surface area contributed by atoms with Crippen LogP contribution in [0.25, 0.3) is 5.70 Å². The van der Waals surface area contributed by atoms with Crippen LogP contribution in [-0.4, -0.2) is 29.8 Å². The minimum atomic E-state index is -0.438. The van der Waals surface area contributed by atoms with Crippen LogP contribution >= 0.6 is 11.6 Å². The monoisotopic (exact) mass is 413 g/mol. The van der Waals surface area contributed by atoms with Gasteiger partial charge < -0.3 is 10.2 Å². The minimum absolute atomic E-state index is 0.382. The molecule has 0 unspecified atom stereocenters. The van der Waals surface area contributed by atoms with E-state index in [4.69, 9.17) is 21.3 Å². The molecule has 1 spiro atoms. The van der Waals surface area contributed by atoms with E-state index < -0.39 is 6.09 Å². The Morgan fingerprint density at radius 3 is 2.66 bits per heavy atom. The van der Waals surface area contributed by atoms with Crippen molar-refractivity contribution in [1.29, 1.82) is 0 Å². The first-order valence-corrected chi connectivity index (χ1v) is 10.1. The molecule has 29 heavy (non-hydrogen) atoms. The van der Waals surface area contributed by atoms with Gasteiger partial charge in [0.05, 0.1) is 5.70 Å². The molecule has 0 aromatic heterocycles. The topological polar surface area (TPSA) is 62.8 Å². The molecule has 2 aliphatic heterocycles. The lowest BCUT2D eigenvalue weighted by Crippen LogP contribution is -2.46. The summed E-state index contributed by atoms with van der Waals surface area (Å²) < 4.78 is 0. The summed E-state index contributed by atoms with van der Waals surface area (Å²) in [5.41, 5.74) is 6.83. The maximum atomic E-state index is 12.1. The largest absolute Gasteiger partial charge is 0.426 e. The first-order chi connectivity index (χ1) is 14.0. The van der Waals surface area contributed by atoms with Crippen molar-refractivity contribution >= 4 is 23.4 Å². The quantitative estimate of drug-likeness (QED) is 0.786. The minimum Gasteiger partial charge on any atom is -0.351 e. The van der Waals surface area contributed by atoms with Gasteiger partial charge in [-0.15, -0.1) is 5.06 Å². The zero-order valence-electron chi connectivity index (χ0n) is 16.3. The molecule has 1 fully saturated rings. The van der Waals surface area contributed by atoms with Crippen LogP contribution in [0, 0.1) is 6.92 Å². The van der Waals surface area contributed by atoms with Gasteiger partial charge >= 0.3 is 6.09 Å². The highest BCUT2D eigenvalue weighted by Gasteiger charge is 2.39. The Hall–Kier alpha value is -2.54. The number of benzene rings is 2. The van der Waals surface area contributed by atoms with Crippen LogP contribution < -0.4 is 10.8 Å². The van der Waals surface area contributed by atoms with E-state index in [0.717, 1.165) is 35.2 Å². The van der Waals surface area contributed by atoms with Gasteiger partial charge in [-0.05, 0) is 54.7 Å². The van der Waals surface area contributed by atoms with Gasteiger partial charge in [-0.3, -0.25) is 10.3 Å². The zero-order chi connectivity index (χ0) is 20.3. The average Bonchev–Trinajstić information content (AvgIpc) is 3.14. The molecule has 2 aromatic rings. The molecule has 152 valence electrons. The standard InChI is InChI=1S/C22H24ClN3O3/c1-16-4-2-3-5-18(16)15-24-21(27)28-26-12-10-22(11-13-26)14-20(25-29-22)17-6-8-19(23)9-7-17/h2-9,14,25H,10-13,15H2,1H3,(H,24,27). The summed E-state index contributed by atoms with van der Waals surface area (Å²) in [6, 6.07) is 15.6. The number of aryl methyl sites for hydroxylation is 1. The molecule has 0 aliphatic carbocycles. The second-order valence-electron chi connectivity index (χ2n) is 7.42. The van der Waals surface area contributed by atoms with Gasteiger partial charge in [0.15, 0.2) is 0 Å². The third-order valence-corrected chi connectivity index (χ3v) is 5.64. The molecule has 0 bridgehead atoms. The van der Waals surface area contributed by atoms with Crippen molar-refractivity contribution in [3.05, 3.63) is 76.3 Å². The van der Waals surface area contributed by atoms with E-state index in [1.165, 1.54) is 0 Å². The number of hydroxylamine groups is 3. The fraction of sp³-hybridized carbons (Fsp3) is 0.318. The van der Waals surface area contributed by atoms with Crippen LogP contribution in [0.5, 0.6) is 0 Å². The number of piperidine rings is 1. The van der Waals surface area contributed by atoms with Crippen molar-refractivity contribution < 1.29 is 14.5 Å². The SMILES string of the molecule is Cc1ccccc1CNC(=O)ON1CCC2(C=C(c3ccc(Cl)cc3)NO2)CC1. The van der Waals surface area contributed by atoms with Gasteiger partial charge in [0.2, 0.25) is 0 Å². The van der Waals surface area contributed by atoms with E-state index >= 15 is 0 Å². The van der Waals surface area contributed by atoms with Gasteiger partial charge in [0, 0.05) is 24.7 Å². The van der Waals surface area contributed by atoms with Crippen molar-refractivity contribution in [2.75, 3.05) is 13.1 Å². The lowest BCUT2D eigenvalue weighted by atomic mass is 9.91. The number of rotatable bonds is 4. The maximum Gasteiger partial charge on any atom is 0.426 e.